The highest BCUT2D eigenvalue weighted by atomic mass is 35.5. The fourth-order valence-corrected chi connectivity index (χ4v) is 2.89. The van der Waals surface area contributed by atoms with Gasteiger partial charge in [0.1, 0.15) is 0 Å². The predicted molar refractivity (Wildman–Crippen MR) is 110 cm³/mol. The normalized spacial score (nSPS) is 11.4. The molecule has 2 aromatic heterocycles. The molecule has 0 aliphatic carbocycles. The molecule has 6 nitrogen and oxygen atoms in total. The summed E-state index contributed by atoms with van der Waals surface area (Å²) >= 11 is 5.98. The topological polar surface area (TPSA) is 72.4 Å². The smallest absolute Gasteiger partial charge is 0.319 e. The van der Waals surface area contributed by atoms with Gasteiger partial charge in [-0.2, -0.15) is 0 Å². The molecular formula is C22H17ClN4O2. The van der Waals surface area contributed by atoms with Crippen molar-refractivity contribution in [1.82, 2.24) is 15.0 Å². The van der Waals surface area contributed by atoms with Crippen LogP contribution in [0, 0.1) is 0 Å². The number of pyridine rings is 1. The molecule has 0 saturated carbocycles. The minimum Gasteiger partial charge on any atom is -0.422 e. The Morgan fingerprint density at radius 1 is 1.07 bits per heavy atom. The van der Waals surface area contributed by atoms with Crippen molar-refractivity contribution in [1.29, 1.82) is 0 Å². The quantitative estimate of drug-likeness (QED) is 0.509. The average molecular weight is 405 g/mol. The lowest BCUT2D eigenvalue weighted by Gasteiger charge is -2.02. The van der Waals surface area contributed by atoms with Gasteiger partial charge in [-0.3, -0.25) is 14.3 Å². The third-order valence-corrected chi connectivity index (χ3v) is 4.47. The molecule has 0 bridgehead atoms. The Balaban J connectivity index is 1.68. The van der Waals surface area contributed by atoms with Crippen LogP contribution >= 0.6 is 11.6 Å². The fraction of sp³-hybridized carbons (Fsp3) is 0.0455. The van der Waals surface area contributed by atoms with Crippen LogP contribution in [0.3, 0.4) is 0 Å². The summed E-state index contributed by atoms with van der Waals surface area (Å²) in [6.07, 6.45) is 4.93. The zero-order chi connectivity index (χ0) is 20.1. The van der Waals surface area contributed by atoms with Gasteiger partial charge in [-0.25, -0.2) is 5.43 Å². The fourth-order valence-electron chi connectivity index (χ4n) is 2.77. The van der Waals surface area contributed by atoms with Crippen molar-refractivity contribution in [2.24, 2.45) is 5.10 Å². The Morgan fingerprint density at radius 2 is 1.86 bits per heavy atom. The number of carbonyl (C=O) groups is 1. The summed E-state index contributed by atoms with van der Waals surface area (Å²) in [7, 11) is 0. The van der Waals surface area contributed by atoms with Gasteiger partial charge in [0.2, 0.25) is 0 Å². The number of rotatable bonds is 5. The van der Waals surface area contributed by atoms with Gasteiger partial charge in [0.25, 0.3) is 5.91 Å². The maximum Gasteiger partial charge on any atom is 0.319 e. The van der Waals surface area contributed by atoms with Gasteiger partial charge in [-0.15, -0.1) is 5.10 Å². The highest BCUT2D eigenvalue weighted by molar-refractivity contribution is 6.30. The molecule has 0 aliphatic heterocycles. The van der Waals surface area contributed by atoms with E-state index in [1.54, 1.807) is 30.5 Å². The van der Waals surface area contributed by atoms with Crippen LogP contribution in [0.25, 0.3) is 11.3 Å². The molecule has 4 aromatic rings. The molecule has 1 N–H and O–H groups in total. The highest BCUT2D eigenvalue weighted by Crippen LogP contribution is 2.20. The molecule has 0 aliphatic rings. The van der Waals surface area contributed by atoms with Crippen LogP contribution in [0.4, 0.5) is 0 Å². The predicted octanol–water partition coefficient (Wildman–Crippen LogP) is 4.09. The average Bonchev–Trinajstić information content (AvgIpc) is 3.16. The van der Waals surface area contributed by atoms with E-state index in [0.29, 0.717) is 22.9 Å². The van der Waals surface area contributed by atoms with E-state index < -0.39 is 0 Å². The van der Waals surface area contributed by atoms with Crippen molar-refractivity contribution in [3.63, 3.8) is 0 Å². The number of oxazole rings is 1. The number of halogens is 1. The first kappa shape index (κ1) is 18.7. The second-order valence-corrected chi connectivity index (χ2v) is 6.73. The summed E-state index contributed by atoms with van der Waals surface area (Å²) in [6, 6.07) is 20.6. The van der Waals surface area contributed by atoms with Crippen LogP contribution in [0.15, 0.2) is 94.8 Å². The lowest BCUT2D eigenvalue weighted by Crippen LogP contribution is -2.25. The number of nitrogens with one attached hydrogen (secondary N) is 1. The number of benzene rings is 2. The van der Waals surface area contributed by atoms with E-state index in [0.717, 1.165) is 11.1 Å². The first-order chi connectivity index (χ1) is 14.2. The molecule has 4 rings (SSSR count). The van der Waals surface area contributed by atoms with Crippen molar-refractivity contribution >= 4 is 17.5 Å². The third-order valence-electron chi connectivity index (χ3n) is 4.22. The summed E-state index contributed by atoms with van der Waals surface area (Å²) in [6.45, 7) is 0.541. The SMILES string of the molecule is O=C(N/N=c1/oc(-c2ccc(Cl)cc2)cn1Cc1ccccc1)c1cccnc1. The van der Waals surface area contributed by atoms with Crippen LogP contribution in [-0.2, 0) is 6.54 Å². The molecule has 0 fully saturated rings. The first-order valence-corrected chi connectivity index (χ1v) is 9.31. The van der Waals surface area contributed by atoms with Crippen molar-refractivity contribution in [3.8, 4) is 11.3 Å². The molecule has 1 amide bonds. The van der Waals surface area contributed by atoms with E-state index in [1.165, 1.54) is 6.20 Å². The second kappa shape index (κ2) is 8.58. The summed E-state index contributed by atoms with van der Waals surface area (Å²) < 4.78 is 7.76. The maximum absolute atomic E-state index is 12.3. The van der Waals surface area contributed by atoms with Gasteiger partial charge in [-0.05, 0) is 42.0 Å². The second-order valence-electron chi connectivity index (χ2n) is 6.29. The number of aromatic nitrogens is 2. The van der Waals surface area contributed by atoms with Gasteiger partial charge < -0.3 is 4.42 Å². The van der Waals surface area contributed by atoms with Gasteiger partial charge >= 0.3 is 5.68 Å². The van der Waals surface area contributed by atoms with Crippen LogP contribution in [-0.4, -0.2) is 15.5 Å². The third kappa shape index (κ3) is 4.62. The summed E-state index contributed by atoms with van der Waals surface area (Å²) in [4.78, 5) is 16.2. The van der Waals surface area contributed by atoms with Gasteiger partial charge in [0.05, 0.1) is 18.3 Å². The van der Waals surface area contributed by atoms with Crippen LogP contribution in [0.5, 0.6) is 0 Å². The van der Waals surface area contributed by atoms with Crippen molar-refractivity contribution < 1.29 is 9.21 Å². The monoisotopic (exact) mass is 404 g/mol. The van der Waals surface area contributed by atoms with Crippen LogP contribution < -0.4 is 11.1 Å². The molecule has 0 atom stereocenters. The lowest BCUT2D eigenvalue weighted by atomic mass is 10.2. The zero-order valence-electron chi connectivity index (χ0n) is 15.3. The Kier molecular flexibility index (Phi) is 5.54. The molecule has 2 aromatic carbocycles. The minimum absolute atomic E-state index is 0.274. The minimum atomic E-state index is -0.367. The van der Waals surface area contributed by atoms with Gasteiger partial charge in [0, 0.05) is 23.0 Å². The molecule has 0 unspecified atom stereocenters. The lowest BCUT2D eigenvalue weighted by molar-refractivity contribution is 0.0950. The summed E-state index contributed by atoms with van der Waals surface area (Å²) in [5.41, 5.74) is 5.15. The summed E-state index contributed by atoms with van der Waals surface area (Å²) in [5.74, 6) is 0.251. The van der Waals surface area contributed by atoms with Gasteiger partial charge in [0.15, 0.2) is 5.76 Å². The first-order valence-electron chi connectivity index (χ1n) is 8.93. The highest BCUT2D eigenvalue weighted by Gasteiger charge is 2.10. The van der Waals surface area contributed by atoms with E-state index in [-0.39, 0.29) is 11.6 Å². The number of hydrogen-bond donors (Lipinski definition) is 1. The number of amides is 1. The number of nitrogens with zero attached hydrogens (tertiary/aromatic N) is 3. The molecule has 0 saturated heterocycles. The van der Waals surface area contributed by atoms with Gasteiger partial charge in [-0.1, -0.05) is 41.9 Å². The molecule has 29 heavy (non-hydrogen) atoms. The Bertz CT molecular complexity index is 1170. The number of carbonyl (C=O) groups excluding carboxylic acids is 1. The largest absolute Gasteiger partial charge is 0.422 e. The molecule has 7 heteroatoms. The maximum atomic E-state index is 12.3. The van der Waals surface area contributed by atoms with E-state index in [9.17, 15) is 4.79 Å². The van der Waals surface area contributed by atoms with Crippen molar-refractivity contribution in [2.75, 3.05) is 0 Å². The Morgan fingerprint density at radius 3 is 2.59 bits per heavy atom. The molecule has 2 heterocycles. The molecule has 0 spiro atoms. The summed E-state index contributed by atoms with van der Waals surface area (Å²) in [5, 5.41) is 4.83. The number of hydrogen-bond acceptors (Lipinski definition) is 4. The van der Waals surface area contributed by atoms with Crippen molar-refractivity contribution in [2.45, 2.75) is 6.54 Å². The van der Waals surface area contributed by atoms with E-state index in [1.807, 2.05) is 53.2 Å². The van der Waals surface area contributed by atoms with E-state index in [4.69, 9.17) is 16.0 Å². The molecule has 144 valence electrons. The zero-order valence-corrected chi connectivity index (χ0v) is 16.1. The van der Waals surface area contributed by atoms with E-state index >= 15 is 0 Å². The Labute approximate surface area is 172 Å². The molecule has 0 radical (unpaired) electrons. The standard InChI is InChI=1S/C22H17ClN4O2/c23-19-10-8-17(9-11-19)20-15-27(14-16-5-2-1-3-6-16)22(29-20)26-25-21(28)18-7-4-12-24-13-18/h1-13,15H,14H2,(H,25,28)/b26-22+. The van der Waals surface area contributed by atoms with Crippen molar-refractivity contribution in [3.05, 3.63) is 107 Å². The van der Waals surface area contributed by atoms with E-state index in [2.05, 4.69) is 15.5 Å². The van der Waals surface area contributed by atoms with Crippen LogP contribution in [0.2, 0.25) is 5.02 Å². The van der Waals surface area contributed by atoms with Crippen LogP contribution in [0.1, 0.15) is 15.9 Å². The molecular weight excluding hydrogens is 388 g/mol. The Hall–Kier alpha value is -3.64.